The van der Waals surface area contributed by atoms with Crippen LogP contribution in [0.25, 0.3) is 0 Å². The first kappa shape index (κ1) is 15.2. The van der Waals surface area contributed by atoms with Gasteiger partial charge in [0.15, 0.2) is 9.84 Å². The van der Waals surface area contributed by atoms with Gasteiger partial charge in [-0.3, -0.25) is 19.1 Å². The van der Waals surface area contributed by atoms with E-state index in [-0.39, 0.29) is 9.79 Å². The molecular weight excluding hydrogens is 298 g/mol. The molecule has 0 saturated heterocycles. The van der Waals surface area contributed by atoms with Crippen molar-refractivity contribution in [2.24, 2.45) is 0 Å². The lowest BCUT2D eigenvalue weighted by Gasteiger charge is -2.03. The van der Waals surface area contributed by atoms with Gasteiger partial charge in [0.1, 0.15) is 10.6 Å². The first-order valence-electron chi connectivity index (χ1n) is 4.71. The van der Waals surface area contributed by atoms with Gasteiger partial charge in [-0.1, -0.05) is 0 Å². The number of hydrogen-bond acceptors (Lipinski definition) is 6. The standard InChI is InChI=1S/C9H9NO7S2/c1-19(16,17)6-2-3-8(7(4-6)10(13)14)18(15)5-9(11)12/h2-4H,5H2,1H3,(H,11,12). The lowest BCUT2D eigenvalue weighted by molar-refractivity contribution is -0.388. The minimum atomic E-state index is -3.64. The predicted molar refractivity (Wildman–Crippen MR) is 65.1 cm³/mol. The fraction of sp³-hybridized carbons (Fsp3) is 0.222. The van der Waals surface area contributed by atoms with Crippen LogP contribution >= 0.6 is 0 Å². The highest BCUT2D eigenvalue weighted by Crippen LogP contribution is 2.26. The van der Waals surface area contributed by atoms with Crippen molar-refractivity contribution < 1.29 is 27.5 Å². The van der Waals surface area contributed by atoms with Crippen LogP contribution in [0, 0.1) is 10.1 Å². The number of hydrogen-bond donors (Lipinski definition) is 1. The molecule has 0 amide bonds. The fourth-order valence-electron chi connectivity index (χ4n) is 1.25. The zero-order chi connectivity index (χ0) is 14.8. The highest BCUT2D eigenvalue weighted by molar-refractivity contribution is 7.90. The molecule has 0 aliphatic carbocycles. The van der Waals surface area contributed by atoms with Crippen LogP contribution in [0.2, 0.25) is 0 Å². The van der Waals surface area contributed by atoms with Crippen LogP contribution in [-0.4, -0.2) is 40.6 Å². The first-order valence-corrected chi connectivity index (χ1v) is 7.92. The Kier molecular flexibility index (Phi) is 4.37. The number of nitro groups is 1. The van der Waals surface area contributed by atoms with Gasteiger partial charge in [-0.05, 0) is 12.1 Å². The molecule has 1 atom stereocenters. The van der Waals surface area contributed by atoms with Gasteiger partial charge in [-0.25, -0.2) is 8.42 Å². The summed E-state index contributed by atoms with van der Waals surface area (Å²) >= 11 is 0. The van der Waals surface area contributed by atoms with E-state index in [1.165, 1.54) is 0 Å². The van der Waals surface area contributed by atoms with E-state index in [1.54, 1.807) is 0 Å². The molecule has 10 heteroatoms. The summed E-state index contributed by atoms with van der Waals surface area (Å²) in [6, 6.07) is 2.81. The Labute approximate surface area is 110 Å². The van der Waals surface area contributed by atoms with E-state index in [0.717, 1.165) is 24.5 Å². The number of sulfone groups is 1. The van der Waals surface area contributed by atoms with Gasteiger partial charge < -0.3 is 5.11 Å². The van der Waals surface area contributed by atoms with Gasteiger partial charge >= 0.3 is 5.97 Å². The molecule has 0 heterocycles. The van der Waals surface area contributed by atoms with Gasteiger partial charge in [0, 0.05) is 12.3 Å². The Hall–Kier alpha value is -1.81. The van der Waals surface area contributed by atoms with Crippen LogP contribution in [0.4, 0.5) is 5.69 Å². The van der Waals surface area contributed by atoms with Gasteiger partial charge in [0.25, 0.3) is 5.69 Å². The van der Waals surface area contributed by atoms with Crippen molar-refractivity contribution in [3.05, 3.63) is 28.3 Å². The molecule has 0 aliphatic rings. The van der Waals surface area contributed by atoms with E-state index in [1.807, 2.05) is 0 Å². The third-order valence-corrected chi connectivity index (χ3v) is 4.51. The largest absolute Gasteiger partial charge is 0.481 e. The molecule has 1 aromatic rings. The SMILES string of the molecule is CS(=O)(=O)c1ccc(S(=O)CC(=O)O)c([N+](=O)[O-])c1. The molecule has 1 rings (SSSR count). The molecule has 0 aliphatic heterocycles. The fourth-order valence-corrected chi connectivity index (χ4v) is 2.86. The molecule has 0 spiro atoms. The van der Waals surface area contributed by atoms with E-state index in [0.29, 0.717) is 0 Å². The van der Waals surface area contributed by atoms with E-state index < -0.39 is 43.0 Å². The molecule has 0 aromatic heterocycles. The lowest BCUT2D eigenvalue weighted by Crippen LogP contribution is -2.11. The first-order chi connectivity index (χ1) is 8.62. The molecule has 1 aromatic carbocycles. The van der Waals surface area contributed by atoms with E-state index in [9.17, 15) is 27.5 Å². The third kappa shape index (κ3) is 3.83. The average Bonchev–Trinajstić information content (AvgIpc) is 2.25. The summed E-state index contributed by atoms with van der Waals surface area (Å²) in [7, 11) is -5.76. The number of aliphatic carboxylic acids is 1. The summed E-state index contributed by atoms with van der Waals surface area (Å²) in [6.07, 6.45) is 0.875. The van der Waals surface area contributed by atoms with Gasteiger partial charge in [0.05, 0.1) is 20.6 Å². The average molecular weight is 307 g/mol. The van der Waals surface area contributed by atoms with Crippen LogP contribution in [0.1, 0.15) is 0 Å². The van der Waals surface area contributed by atoms with Crippen LogP contribution in [0.15, 0.2) is 28.0 Å². The van der Waals surface area contributed by atoms with Crippen molar-refractivity contribution in [3.63, 3.8) is 0 Å². The second-order valence-electron chi connectivity index (χ2n) is 3.54. The Morgan fingerprint density at radius 3 is 2.47 bits per heavy atom. The van der Waals surface area contributed by atoms with Crippen molar-refractivity contribution in [2.45, 2.75) is 9.79 Å². The predicted octanol–water partition coefficient (Wildman–Crippen LogP) is 0.191. The van der Waals surface area contributed by atoms with Crippen molar-refractivity contribution in [1.29, 1.82) is 0 Å². The number of nitro benzene ring substituents is 1. The van der Waals surface area contributed by atoms with Crippen molar-refractivity contribution in [1.82, 2.24) is 0 Å². The number of carboxylic acids is 1. The second-order valence-corrected chi connectivity index (χ2v) is 6.98. The molecule has 104 valence electrons. The van der Waals surface area contributed by atoms with Gasteiger partial charge in [-0.15, -0.1) is 0 Å². The zero-order valence-corrected chi connectivity index (χ0v) is 11.2. The lowest BCUT2D eigenvalue weighted by atomic mass is 10.3. The normalized spacial score (nSPS) is 12.9. The van der Waals surface area contributed by atoms with Crippen LogP contribution in [0.5, 0.6) is 0 Å². The Morgan fingerprint density at radius 1 is 1.47 bits per heavy atom. The molecular formula is C9H9NO7S2. The highest BCUT2D eigenvalue weighted by Gasteiger charge is 2.23. The van der Waals surface area contributed by atoms with Gasteiger partial charge in [-0.2, -0.15) is 0 Å². The van der Waals surface area contributed by atoms with Crippen molar-refractivity contribution in [2.75, 3.05) is 12.0 Å². The molecule has 0 radical (unpaired) electrons. The molecule has 1 N–H and O–H groups in total. The van der Waals surface area contributed by atoms with Crippen molar-refractivity contribution in [3.8, 4) is 0 Å². The molecule has 8 nitrogen and oxygen atoms in total. The van der Waals surface area contributed by atoms with Crippen LogP contribution in [0.3, 0.4) is 0 Å². The molecule has 0 fully saturated rings. The maximum Gasteiger partial charge on any atom is 0.316 e. The maximum atomic E-state index is 11.6. The second kappa shape index (κ2) is 5.45. The maximum absolute atomic E-state index is 11.6. The van der Waals surface area contributed by atoms with E-state index in [4.69, 9.17) is 5.11 Å². The quantitative estimate of drug-likeness (QED) is 0.606. The summed E-state index contributed by atoms with van der Waals surface area (Å²) in [4.78, 5) is 19.7. The topological polar surface area (TPSA) is 132 Å². The Morgan fingerprint density at radius 2 is 2.05 bits per heavy atom. The highest BCUT2D eigenvalue weighted by atomic mass is 32.2. The Bertz CT molecular complexity index is 665. The number of carbonyl (C=O) groups is 1. The minimum absolute atomic E-state index is 0.296. The van der Waals surface area contributed by atoms with Crippen LogP contribution in [-0.2, 0) is 25.4 Å². The number of rotatable bonds is 5. The summed E-state index contributed by atoms with van der Waals surface area (Å²) in [5.74, 6) is -2.17. The van der Waals surface area contributed by atoms with Crippen LogP contribution < -0.4 is 0 Å². The van der Waals surface area contributed by atoms with E-state index >= 15 is 0 Å². The van der Waals surface area contributed by atoms with Gasteiger partial charge in [0.2, 0.25) is 0 Å². The Balaban J connectivity index is 3.39. The smallest absolute Gasteiger partial charge is 0.316 e. The monoisotopic (exact) mass is 307 g/mol. The molecule has 0 saturated carbocycles. The number of carboxylic acid groups (broad SMARTS) is 1. The summed E-state index contributed by atoms with van der Waals surface area (Å²) in [5.41, 5.74) is -0.678. The number of nitrogens with zero attached hydrogens (tertiary/aromatic N) is 1. The summed E-state index contributed by atoms with van der Waals surface area (Å²) in [5, 5.41) is 19.3. The van der Waals surface area contributed by atoms with E-state index in [2.05, 4.69) is 0 Å². The molecule has 19 heavy (non-hydrogen) atoms. The molecule has 1 unspecified atom stereocenters. The summed E-state index contributed by atoms with van der Waals surface area (Å²) < 4.78 is 34.2. The summed E-state index contributed by atoms with van der Waals surface area (Å²) in [6.45, 7) is 0. The number of benzene rings is 1. The third-order valence-electron chi connectivity index (χ3n) is 2.06. The van der Waals surface area contributed by atoms with Crippen molar-refractivity contribution >= 4 is 32.3 Å². The zero-order valence-electron chi connectivity index (χ0n) is 9.60. The minimum Gasteiger partial charge on any atom is -0.481 e. The molecule has 0 bridgehead atoms.